The Kier molecular flexibility index (Phi) is 5.84. The lowest BCUT2D eigenvalue weighted by molar-refractivity contribution is -0.166. The van der Waals surface area contributed by atoms with Gasteiger partial charge in [-0.25, -0.2) is 14.7 Å². The number of imide groups is 1. The molecule has 1 aromatic heterocycles. The minimum atomic E-state index is -0.715. The van der Waals surface area contributed by atoms with Crippen molar-refractivity contribution in [3.8, 4) is 5.75 Å². The first kappa shape index (κ1) is 20.4. The van der Waals surface area contributed by atoms with Crippen LogP contribution in [-0.2, 0) is 11.2 Å². The van der Waals surface area contributed by atoms with Crippen LogP contribution in [0.1, 0.15) is 24.1 Å². The van der Waals surface area contributed by atoms with Crippen LogP contribution in [0.4, 0.5) is 10.6 Å². The number of hydrogen-bond donors (Lipinski definition) is 2. The van der Waals surface area contributed by atoms with E-state index in [2.05, 4.69) is 10.3 Å². The molecule has 1 saturated heterocycles. The third-order valence-electron chi connectivity index (χ3n) is 5.31. The number of carbonyl (C=O) groups is 2. The van der Waals surface area contributed by atoms with Crippen LogP contribution in [0.2, 0.25) is 0 Å². The van der Waals surface area contributed by atoms with Gasteiger partial charge in [-0.05, 0) is 48.7 Å². The van der Waals surface area contributed by atoms with Crippen LogP contribution in [0.25, 0.3) is 0 Å². The monoisotopic (exact) mass is 416 g/mol. The number of aromatic nitrogens is 1. The summed E-state index contributed by atoms with van der Waals surface area (Å²) in [4.78, 5) is 31.0. The number of urea groups is 1. The smallest absolute Gasteiger partial charge is 0.327 e. The predicted octanol–water partition coefficient (Wildman–Crippen LogP) is 3.54. The molecule has 3 aromatic rings. The Bertz CT molecular complexity index is 1060. The average molecular weight is 416 g/mol. The normalized spacial score (nSPS) is 18.7. The van der Waals surface area contributed by atoms with Gasteiger partial charge in [0, 0.05) is 6.20 Å². The molecule has 3 amide bonds. The van der Waals surface area contributed by atoms with Crippen LogP contribution >= 0.6 is 0 Å². The molecule has 1 unspecified atom stereocenters. The number of likely N-dealkylation sites (tertiary alicyclic amines) is 1. The third-order valence-corrected chi connectivity index (χ3v) is 5.31. The number of nitrogens with zero attached hydrogens (tertiary/aromatic N) is 2. The lowest BCUT2D eigenvalue weighted by atomic mass is 9.89. The number of anilines is 1. The van der Waals surface area contributed by atoms with Gasteiger partial charge in [-0.3, -0.25) is 4.79 Å². The molecule has 1 aliphatic rings. The van der Waals surface area contributed by atoms with E-state index in [0.29, 0.717) is 18.0 Å². The molecule has 2 heterocycles. The number of β-lactam (4-membered cyclic amide) rings is 1. The SMILES string of the molecule is C[C@@H](NC(=O)N1C(=O)C(Cc2ccnc(N)c2)[C@H]1Oc1ccccc1)c1ccccc1. The van der Waals surface area contributed by atoms with E-state index >= 15 is 0 Å². The number of nitrogens with one attached hydrogen (secondary N) is 1. The molecule has 0 bridgehead atoms. The number of para-hydroxylation sites is 1. The van der Waals surface area contributed by atoms with Gasteiger partial charge in [0.2, 0.25) is 5.91 Å². The first-order valence-corrected chi connectivity index (χ1v) is 10.1. The second kappa shape index (κ2) is 8.87. The highest BCUT2D eigenvalue weighted by Crippen LogP contribution is 2.33. The topological polar surface area (TPSA) is 97.6 Å². The molecule has 3 atom stereocenters. The first-order valence-electron chi connectivity index (χ1n) is 10.1. The molecule has 31 heavy (non-hydrogen) atoms. The molecule has 3 N–H and O–H groups in total. The Morgan fingerprint density at radius 2 is 1.81 bits per heavy atom. The van der Waals surface area contributed by atoms with Crippen molar-refractivity contribution in [2.75, 3.05) is 5.73 Å². The van der Waals surface area contributed by atoms with Crippen molar-refractivity contribution in [2.45, 2.75) is 25.6 Å². The predicted molar refractivity (Wildman–Crippen MR) is 117 cm³/mol. The molecule has 0 saturated carbocycles. The van der Waals surface area contributed by atoms with Gasteiger partial charge in [-0.1, -0.05) is 48.5 Å². The van der Waals surface area contributed by atoms with Crippen molar-refractivity contribution >= 4 is 17.8 Å². The van der Waals surface area contributed by atoms with E-state index in [1.165, 1.54) is 0 Å². The van der Waals surface area contributed by atoms with Crippen molar-refractivity contribution in [3.05, 3.63) is 90.1 Å². The zero-order valence-corrected chi connectivity index (χ0v) is 17.1. The number of carbonyl (C=O) groups excluding carboxylic acids is 2. The zero-order chi connectivity index (χ0) is 21.8. The van der Waals surface area contributed by atoms with Crippen LogP contribution in [0.15, 0.2) is 79.0 Å². The second-order valence-corrected chi connectivity index (χ2v) is 7.51. The molecule has 1 fully saturated rings. The summed E-state index contributed by atoms with van der Waals surface area (Å²) >= 11 is 0. The molecule has 7 heteroatoms. The van der Waals surface area contributed by atoms with Gasteiger partial charge in [0.05, 0.1) is 12.0 Å². The summed E-state index contributed by atoms with van der Waals surface area (Å²) in [5, 5.41) is 2.89. The van der Waals surface area contributed by atoms with Crippen LogP contribution < -0.4 is 15.8 Å². The molecule has 2 aromatic carbocycles. The van der Waals surface area contributed by atoms with Gasteiger partial charge in [-0.15, -0.1) is 0 Å². The van der Waals surface area contributed by atoms with Crippen LogP contribution in [0.3, 0.4) is 0 Å². The lowest BCUT2D eigenvalue weighted by Crippen LogP contribution is -2.68. The summed E-state index contributed by atoms with van der Waals surface area (Å²) in [6.07, 6.45) is 1.29. The van der Waals surface area contributed by atoms with E-state index in [1.54, 1.807) is 24.4 Å². The largest absolute Gasteiger partial charge is 0.469 e. The van der Waals surface area contributed by atoms with Crippen molar-refractivity contribution in [1.82, 2.24) is 15.2 Å². The Morgan fingerprint density at radius 1 is 1.13 bits per heavy atom. The number of nitrogens with two attached hydrogens (primary N) is 1. The summed E-state index contributed by atoms with van der Waals surface area (Å²) in [6, 6.07) is 21.6. The van der Waals surface area contributed by atoms with E-state index in [9.17, 15) is 9.59 Å². The number of rotatable bonds is 6. The standard InChI is InChI=1S/C24H24N4O3/c1-16(18-8-4-2-5-9-18)27-24(30)28-22(29)20(14-17-12-13-26-21(25)15-17)23(28)31-19-10-6-3-7-11-19/h2-13,15-16,20,23H,14H2,1H3,(H2,25,26)(H,27,30)/t16-,20?,23-/m1/s1. The number of hydrogen-bond acceptors (Lipinski definition) is 5. The van der Waals surface area contributed by atoms with Gasteiger partial charge in [0.25, 0.3) is 0 Å². The quantitative estimate of drug-likeness (QED) is 0.599. The van der Waals surface area contributed by atoms with E-state index in [0.717, 1.165) is 16.0 Å². The second-order valence-electron chi connectivity index (χ2n) is 7.51. The Labute approximate surface area is 180 Å². The molecule has 0 spiro atoms. The van der Waals surface area contributed by atoms with Crippen molar-refractivity contribution in [3.63, 3.8) is 0 Å². The van der Waals surface area contributed by atoms with Crippen molar-refractivity contribution in [2.24, 2.45) is 5.92 Å². The molecule has 1 aliphatic heterocycles. The Balaban J connectivity index is 1.52. The number of ether oxygens (including phenoxy) is 1. The fourth-order valence-electron chi connectivity index (χ4n) is 3.66. The molecule has 7 nitrogen and oxygen atoms in total. The number of amides is 3. The summed E-state index contributed by atoms with van der Waals surface area (Å²) in [5.74, 6) is 0.193. The molecule has 4 rings (SSSR count). The molecular formula is C24H24N4O3. The van der Waals surface area contributed by atoms with Crippen LogP contribution in [0, 0.1) is 5.92 Å². The highest BCUT2D eigenvalue weighted by Gasteiger charge is 2.52. The fraction of sp³-hybridized carbons (Fsp3) is 0.208. The molecule has 0 radical (unpaired) electrons. The van der Waals surface area contributed by atoms with Gasteiger partial charge in [0.1, 0.15) is 11.6 Å². The Morgan fingerprint density at radius 3 is 2.48 bits per heavy atom. The third kappa shape index (κ3) is 4.50. The summed E-state index contributed by atoms with van der Waals surface area (Å²) in [7, 11) is 0. The minimum Gasteiger partial charge on any atom is -0.469 e. The van der Waals surface area contributed by atoms with E-state index in [-0.39, 0.29) is 11.9 Å². The first-order chi connectivity index (χ1) is 15.0. The maximum Gasteiger partial charge on any atom is 0.327 e. The van der Waals surface area contributed by atoms with Gasteiger partial charge in [-0.2, -0.15) is 0 Å². The number of nitrogen functional groups attached to an aromatic ring is 1. The molecule has 158 valence electrons. The molecular weight excluding hydrogens is 392 g/mol. The number of benzene rings is 2. The average Bonchev–Trinajstić information content (AvgIpc) is 2.78. The summed E-state index contributed by atoms with van der Waals surface area (Å²) < 4.78 is 6.05. The highest BCUT2D eigenvalue weighted by atomic mass is 16.5. The lowest BCUT2D eigenvalue weighted by Gasteiger charge is -2.45. The van der Waals surface area contributed by atoms with Crippen LogP contribution in [-0.4, -0.2) is 28.1 Å². The summed E-state index contributed by atoms with van der Waals surface area (Å²) in [5.41, 5.74) is 7.59. The number of pyridine rings is 1. The van der Waals surface area contributed by atoms with E-state index in [4.69, 9.17) is 10.5 Å². The fourth-order valence-corrected chi connectivity index (χ4v) is 3.66. The minimum absolute atomic E-state index is 0.252. The summed E-state index contributed by atoms with van der Waals surface area (Å²) in [6.45, 7) is 1.88. The van der Waals surface area contributed by atoms with Gasteiger partial charge >= 0.3 is 6.03 Å². The van der Waals surface area contributed by atoms with Crippen molar-refractivity contribution < 1.29 is 14.3 Å². The van der Waals surface area contributed by atoms with Gasteiger partial charge in [0.15, 0.2) is 6.23 Å². The molecule has 0 aliphatic carbocycles. The Hall–Kier alpha value is -3.87. The highest BCUT2D eigenvalue weighted by molar-refractivity contribution is 6.01. The zero-order valence-electron chi connectivity index (χ0n) is 17.1. The maximum atomic E-state index is 13.0. The van der Waals surface area contributed by atoms with Crippen LogP contribution in [0.5, 0.6) is 5.75 Å². The van der Waals surface area contributed by atoms with E-state index < -0.39 is 18.2 Å². The maximum absolute atomic E-state index is 13.0. The van der Waals surface area contributed by atoms with Gasteiger partial charge < -0.3 is 15.8 Å². The van der Waals surface area contributed by atoms with E-state index in [1.807, 2.05) is 61.5 Å². The van der Waals surface area contributed by atoms with Crippen molar-refractivity contribution in [1.29, 1.82) is 0 Å².